The molecule has 20 heavy (non-hydrogen) atoms. The maximum atomic E-state index is 5.35. The number of aryl methyl sites for hydroxylation is 2. The van der Waals surface area contributed by atoms with Gasteiger partial charge >= 0.3 is 0 Å². The molecular weight excluding hydrogens is 266 g/mol. The van der Waals surface area contributed by atoms with Crippen LogP contribution in [0, 0.1) is 13.8 Å². The van der Waals surface area contributed by atoms with Gasteiger partial charge in [0.15, 0.2) is 5.11 Å². The summed E-state index contributed by atoms with van der Waals surface area (Å²) < 4.78 is 0. The van der Waals surface area contributed by atoms with Crippen molar-refractivity contribution in [1.29, 1.82) is 0 Å². The van der Waals surface area contributed by atoms with E-state index in [1.165, 1.54) is 16.7 Å². The summed E-state index contributed by atoms with van der Waals surface area (Å²) in [7, 11) is 0. The van der Waals surface area contributed by atoms with Crippen molar-refractivity contribution in [3.05, 3.63) is 59.4 Å². The zero-order chi connectivity index (χ0) is 14.5. The van der Waals surface area contributed by atoms with Gasteiger partial charge in [0.2, 0.25) is 0 Å². The van der Waals surface area contributed by atoms with Crippen LogP contribution in [0.15, 0.2) is 42.7 Å². The van der Waals surface area contributed by atoms with Crippen LogP contribution in [0.2, 0.25) is 0 Å². The number of nitrogens with one attached hydrogen (secondary N) is 2. The average molecular weight is 285 g/mol. The summed E-state index contributed by atoms with van der Waals surface area (Å²) in [6.45, 7) is 6.33. The zero-order valence-corrected chi connectivity index (χ0v) is 12.8. The van der Waals surface area contributed by atoms with Crippen LogP contribution in [0.5, 0.6) is 0 Å². The van der Waals surface area contributed by atoms with Crippen LogP contribution < -0.4 is 10.6 Å². The minimum atomic E-state index is 0.164. The molecule has 3 nitrogen and oxygen atoms in total. The number of hydrogen-bond acceptors (Lipinski definition) is 2. The van der Waals surface area contributed by atoms with E-state index in [-0.39, 0.29) is 6.04 Å². The van der Waals surface area contributed by atoms with Crippen LogP contribution in [0.25, 0.3) is 0 Å². The number of pyridine rings is 1. The molecule has 4 heteroatoms. The number of aromatic nitrogens is 1. The molecule has 0 saturated carbocycles. The molecule has 0 saturated heterocycles. The summed E-state index contributed by atoms with van der Waals surface area (Å²) in [5, 5.41) is 7.08. The highest BCUT2D eigenvalue weighted by atomic mass is 32.1. The van der Waals surface area contributed by atoms with E-state index >= 15 is 0 Å². The third kappa shape index (κ3) is 3.78. The number of benzene rings is 1. The summed E-state index contributed by atoms with van der Waals surface area (Å²) in [6.07, 6.45) is 3.47. The molecule has 0 radical (unpaired) electrons. The number of hydrogen-bond donors (Lipinski definition) is 2. The first-order valence-corrected chi connectivity index (χ1v) is 7.02. The van der Waals surface area contributed by atoms with Gasteiger partial charge in [0.1, 0.15) is 0 Å². The molecule has 1 heterocycles. The fraction of sp³-hybridized carbons (Fsp3) is 0.250. The molecule has 0 aliphatic heterocycles. The Hall–Kier alpha value is -1.94. The molecule has 104 valence electrons. The van der Waals surface area contributed by atoms with Gasteiger partial charge in [0.05, 0.1) is 6.04 Å². The van der Waals surface area contributed by atoms with Crippen LogP contribution in [0.4, 0.5) is 5.69 Å². The number of nitrogens with zero attached hydrogens (tertiary/aromatic N) is 1. The maximum absolute atomic E-state index is 5.35. The van der Waals surface area contributed by atoms with Crippen molar-refractivity contribution in [2.24, 2.45) is 0 Å². The smallest absolute Gasteiger partial charge is 0.171 e. The Morgan fingerprint density at radius 1 is 1.15 bits per heavy atom. The van der Waals surface area contributed by atoms with E-state index in [1.54, 1.807) is 12.4 Å². The third-order valence-electron chi connectivity index (χ3n) is 3.19. The molecule has 0 amide bonds. The van der Waals surface area contributed by atoms with Crippen molar-refractivity contribution in [1.82, 2.24) is 10.3 Å². The second-order valence-electron chi connectivity index (χ2n) is 4.92. The van der Waals surface area contributed by atoms with Gasteiger partial charge in [0, 0.05) is 18.1 Å². The monoisotopic (exact) mass is 285 g/mol. The molecule has 2 rings (SSSR count). The first-order valence-electron chi connectivity index (χ1n) is 6.61. The summed E-state index contributed by atoms with van der Waals surface area (Å²) in [6, 6.07) is 10.4. The predicted octanol–water partition coefficient (Wildman–Crippen LogP) is 3.75. The van der Waals surface area contributed by atoms with E-state index in [9.17, 15) is 0 Å². The number of anilines is 1. The van der Waals surface area contributed by atoms with Gasteiger partial charge < -0.3 is 10.6 Å². The van der Waals surface area contributed by atoms with E-state index in [4.69, 9.17) is 12.2 Å². The molecule has 0 fully saturated rings. The van der Waals surface area contributed by atoms with Gasteiger partial charge in [-0.3, -0.25) is 4.98 Å². The first kappa shape index (κ1) is 14.5. The highest BCUT2D eigenvalue weighted by molar-refractivity contribution is 7.80. The SMILES string of the molecule is Cc1ccc(C)c(C(C)NC(=S)Nc2ccncc2)c1. The Kier molecular flexibility index (Phi) is 4.69. The quantitative estimate of drug-likeness (QED) is 0.842. The van der Waals surface area contributed by atoms with Gasteiger partial charge in [-0.15, -0.1) is 0 Å². The summed E-state index contributed by atoms with van der Waals surface area (Å²) in [5.74, 6) is 0. The van der Waals surface area contributed by atoms with Crippen LogP contribution in [0.3, 0.4) is 0 Å². The lowest BCUT2D eigenvalue weighted by atomic mass is 10.0. The molecule has 1 aromatic carbocycles. The van der Waals surface area contributed by atoms with E-state index in [0.717, 1.165) is 5.69 Å². The Morgan fingerprint density at radius 3 is 2.55 bits per heavy atom. The fourth-order valence-corrected chi connectivity index (χ4v) is 2.40. The molecule has 1 atom stereocenters. The Bertz CT molecular complexity index is 596. The van der Waals surface area contributed by atoms with Gasteiger partial charge in [-0.25, -0.2) is 0 Å². The molecule has 2 aromatic rings. The predicted molar refractivity (Wildman–Crippen MR) is 87.9 cm³/mol. The number of rotatable bonds is 3. The molecule has 1 aromatic heterocycles. The molecule has 0 bridgehead atoms. The maximum Gasteiger partial charge on any atom is 0.171 e. The second kappa shape index (κ2) is 6.48. The summed E-state index contributed by atoms with van der Waals surface area (Å²) >= 11 is 5.35. The molecule has 0 aliphatic carbocycles. The highest BCUT2D eigenvalue weighted by Gasteiger charge is 2.10. The van der Waals surface area contributed by atoms with E-state index in [1.807, 2.05) is 12.1 Å². The topological polar surface area (TPSA) is 37.0 Å². The first-order chi connectivity index (χ1) is 9.56. The summed E-state index contributed by atoms with van der Waals surface area (Å²) in [4.78, 5) is 3.98. The van der Waals surface area contributed by atoms with Gasteiger partial charge in [0.25, 0.3) is 0 Å². The average Bonchev–Trinajstić information content (AvgIpc) is 2.42. The van der Waals surface area contributed by atoms with Crippen molar-refractivity contribution in [3.8, 4) is 0 Å². The minimum Gasteiger partial charge on any atom is -0.356 e. The highest BCUT2D eigenvalue weighted by Crippen LogP contribution is 2.19. The largest absolute Gasteiger partial charge is 0.356 e. The van der Waals surface area contributed by atoms with Crippen molar-refractivity contribution in [2.75, 3.05) is 5.32 Å². The lowest BCUT2D eigenvalue weighted by Crippen LogP contribution is -2.31. The lowest BCUT2D eigenvalue weighted by molar-refractivity contribution is 0.716. The molecule has 0 spiro atoms. The van der Waals surface area contributed by atoms with Crippen molar-refractivity contribution in [3.63, 3.8) is 0 Å². The molecular formula is C16H19N3S. The number of thiocarbonyl (C=S) groups is 1. The van der Waals surface area contributed by atoms with Crippen LogP contribution >= 0.6 is 12.2 Å². The third-order valence-corrected chi connectivity index (χ3v) is 3.41. The Morgan fingerprint density at radius 2 is 1.85 bits per heavy atom. The molecule has 2 N–H and O–H groups in total. The fourth-order valence-electron chi connectivity index (χ4n) is 2.10. The molecule has 1 unspecified atom stereocenters. The van der Waals surface area contributed by atoms with Crippen LogP contribution in [-0.2, 0) is 0 Å². The Balaban J connectivity index is 2.02. The van der Waals surface area contributed by atoms with Gasteiger partial charge in [-0.1, -0.05) is 23.8 Å². The van der Waals surface area contributed by atoms with E-state index in [2.05, 4.69) is 54.6 Å². The van der Waals surface area contributed by atoms with E-state index in [0.29, 0.717) is 5.11 Å². The minimum absolute atomic E-state index is 0.164. The van der Waals surface area contributed by atoms with E-state index < -0.39 is 0 Å². The zero-order valence-electron chi connectivity index (χ0n) is 12.0. The van der Waals surface area contributed by atoms with Gasteiger partial charge in [-0.05, 0) is 56.2 Å². The van der Waals surface area contributed by atoms with Crippen LogP contribution in [0.1, 0.15) is 29.7 Å². The standard InChI is InChI=1S/C16H19N3S/c1-11-4-5-12(2)15(10-11)13(3)18-16(20)19-14-6-8-17-9-7-14/h4-10,13H,1-3H3,(H2,17,18,19,20). The normalized spacial score (nSPS) is 11.8. The van der Waals surface area contributed by atoms with Crippen molar-refractivity contribution in [2.45, 2.75) is 26.8 Å². The molecule has 0 aliphatic rings. The van der Waals surface area contributed by atoms with Crippen molar-refractivity contribution >= 4 is 23.0 Å². The summed E-state index contributed by atoms with van der Waals surface area (Å²) in [5.41, 5.74) is 4.73. The van der Waals surface area contributed by atoms with Gasteiger partial charge in [-0.2, -0.15) is 0 Å². The Labute approximate surface area is 125 Å². The van der Waals surface area contributed by atoms with Crippen molar-refractivity contribution < 1.29 is 0 Å². The second-order valence-corrected chi connectivity index (χ2v) is 5.32. The van der Waals surface area contributed by atoms with Crippen LogP contribution in [-0.4, -0.2) is 10.1 Å². The lowest BCUT2D eigenvalue weighted by Gasteiger charge is -2.19.